The normalized spacial score (nSPS) is 13.2. The number of hydrogen-bond donors (Lipinski definition) is 0. The van der Waals surface area contributed by atoms with Gasteiger partial charge < -0.3 is 0 Å². The Kier molecular flexibility index (Phi) is 5.88. The highest BCUT2D eigenvalue weighted by Gasteiger charge is 1.97. The fourth-order valence-electron chi connectivity index (χ4n) is 0.398. The molecular formula is C6H12S2. The summed E-state index contributed by atoms with van der Waals surface area (Å²) in [6.07, 6.45) is 5.28. The van der Waals surface area contributed by atoms with E-state index in [0.717, 1.165) is 0 Å². The summed E-state index contributed by atoms with van der Waals surface area (Å²) in [4.78, 5) is 0. The first-order chi connectivity index (χ1) is 3.85. The fourth-order valence-corrected chi connectivity index (χ4v) is 2.24. The van der Waals surface area contributed by atoms with Crippen molar-refractivity contribution in [3.05, 3.63) is 12.7 Å². The van der Waals surface area contributed by atoms with E-state index in [9.17, 15) is 0 Å². The second kappa shape index (κ2) is 5.57. The summed E-state index contributed by atoms with van der Waals surface area (Å²) in [6, 6.07) is 0. The molecule has 0 saturated carbocycles. The van der Waals surface area contributed by atoms with Crippen LogP contribution < -0.4 is 0 Å². The van der Waals surface area contributed by atoms with Gasteiger partial charge in [0.1, 0.15) is 0 Å². The van der Waals surface area contributed by atoms with Crippen molar-refractivity contribution in [2.75, 3.05) is 6.26 Å². The Morgan fingerprint density at radius 1 is 1.75 bits per heavy atom. The van der Waals surface area contributed by atoms with Crippen molar-refractivity contribution in [3.63, 3.8) is 0 Å². The van der Waals surface area contributed by atoms with Gasteiger partial charge in [-0.25, -0.2) is 0 Å². The number of rotatable bonds is 4. The first-order valence-electron chi connectivity index (χ1n) is 2.67. The molecule has 0 amide bonds. The summed E-state index contributed by atoms with van der Waals surface area (Å²) < 4.78 is 0. The van der Waals surface area contributed by atoms with E-state index >= 15 is 0 Å². The van der Waals surface area contributed by atoms with Crippen molar-refractivity contribution >= 4 is 21.6 Å². The summed E-state index contributed by atoms with van der Waals surface area (Å²) >= 11 is 0. The lowest BCUT2D eigenvalue weighted by atomic mass is 10.3. The predicted octanol–water partition coefficient (Wildman–Crippen LogP) is 2.96. The Labute approximate surface area is 59.5 Å². The van der Waals surface area contributed by atoms with Crippen molar-refractivity contribution in [1.82, 2.24) is 0 Å². The first-order valence-corrected chi connectivity index (χ1v) is 5.29. The van der Waals surface area contributed by atoms with Crippen LogP contribution in [0, 0.1) is 0 Å². The third-order valence-electron chi connectivity index (χ3n) is 0.885. The van der Waals surface area contributed by atoms with E-state index < -0.39 is 0 Å². The van der Waals surface area contributed by atoms with E-state index in [0.29, 0.717) is 5.25 Å². The number of hydrogen-bond acceptors (Lipinski definition) is 2. The van der Waals surface area contributed by atoms with Crippen LogP contribution in [0.15, 0.2) is 12.7 Å². The lowest BCUT2D eigenvalue weighted by molar-refractivity contribution is 0.985. The van der Waals surface area contributed by atoms with Crippen LogP contribution in [0.1, 0.15) is 13.3 Å². The summed E-state index contributed by atoms with van der Waals surface area (Å²) in [5.74, 6) is 0. The molecule has 8 heavy (non-hydrogen) atoms. The van der Waals surface area contributed by atoms with Gasteiger partial charge in [-0.1, -0.05) is 34.6 Å². The van der Waals surface area contributed by atoms with Crippen molar-refractivity contribution in [1.29, 1.82) is 0 Å². The molecule has 0 spiro atoms. The van der Waals surface area contributed by atoms with Crippen LogP contribution in [-0.4, -0.2) is 11.5 Å². The zero-order valence-corrected chi connectivity index (χ0v) is 7.02. The van der Waals surface area contributed by atoms with Gasteiger partial charge in [-0.2, -0.15) is 0 Å². The van der Waals surface area contributed by atoms with Crippen molar-refractivity contribution in [3.8, 4) is 0 Å². The van der Waals surface area contributed by atoms with Crippen LogP contribution in [0.4, 0.5) is 0 Å². The molecule has 1 unspecified atom stereocenters. The quantitative estimate of drug-likeness (QED) is 0.444. The van der Waals surface area contributed by atoms with Crippen LogP contribution in [0.25, 0.3) is 0 Å². The third-order valence-corrected chi connectivity index (χ3v) is 3.17. The molecule has 0 aromatic rings. The molecule has 0 aliphatic heterocycles. The zero-order valence-electron chi connectivity index (χ0n) is 5.39. The molecule has 2 heteroatoms. The molecule has 0 heterocycles. The molecule has 0 aliphatic carbocycles. The molecule has 48 valence electrons. The van der Waals surface area contributed by atoms with Crippen molar-refractivity contribution in [2.24, 2.45) is 0 Å². The van der Waals surface area contributed by atoms with E-state index in [1.54, 1.807) is 10.8 Å². The highest BCUT2D eigenvalue weighted by molar-refractivity contribution is 8.76. The highest BCUT2D eigenvalue weighted by Crippen LogP contribution is 2.25. The summed E-state index contributed by atoms with van der Waals surface area (Å²) in [5, 5.41) is 0.644. The van der Waals surface area contributed by atoms with Crippen LogP contribution in [0.3, 0.4) is 0 Å². The molecule has 0 fully saturated rings. The second-order valence-electron chi connectivity index (χ2n) is 1.45. The molecule has 0 N–H and O–H groups in total. The van der Waals surface area contributed by atoms with Crippen LogP contribution in [-0.2, 0) is 0 Å². The minimum atomic E-state index is 0.644. The Balaban J connectivity index is 3.21. The van der Waals surface area contributed by atoms with E-state index in [2.05, 4.69) is 19.8 Å². The molecule has 0 nitrogen and oxygen atoms in total. The standard InChI is InChI=1S/C6H12S2/c1-4-6(5-2)8-7-3/h4,6H,1,5H2,2-3H3. The van der Waals surface area contributed by atoms with E-state index in [-0.39, 0.29) is 0 Å². The lowest BCUT2D eigenvalue weighted by Crippen LogP contribution is -1.89. The third kappa shape index (κ3) is 3.44. The zero-order chi connectivity index (χ0) is 6.41. The van der Waals surface area contributed by atoms with Gasteiger partial charge in [0.25, 0.3) is 0 Å². The molecule has 0 saturated heterocycles. The van der Waals surface area contributed by atoms with E-state index in [1.807, 2.05) is 16.9 Å². The van der Waals surface area contributed by atoms with Crippen LogP contribution >= 0.6 is 21.6 Å². The molecule has 1 atom stereocenters. The Morgan fingerprint density at radius 3 is 2.50 bits per heavy atom. The monoisotopic (exact) mass is 148 g/mol. The highest BCUT2D eigenvalue weighted by atomic mass is 33.1. The maximum Gasteiger partial charge on any atom is 0.0325 e. The van der Waals surface area contributed by atoms with Gasteiger partial charge in [0.05, 0.1) is 0 Å². The van der Waals surface area contributed by atoms with Crippen LogP contribution in [0.2, 0.25) is 0 Å². The summed E-state index contributed by atoms with van der Waals surface area (Å²) in [5.41, 5.74) is 0. The topological polar surface area (TPSA) is 0 Å². The van der Waals surface area contributed by atoms with E-state index in [1.165, 1.54) is 6.42 Å². The molecule has 0 aliphatic rings. The minimum Gasteiger partial charge on any atom is -0.102 e. The van der Waals surface area contributed by atoms with Crippen molar-refractivity contribution in [2.45, 2.75) is 18.6 Å². The Morgan fingerprint density at radius 2 is 2.38 bits per heavy atom. The average Bonchev–Trinajstić information content (AvgIpc) is 1.83. The first kappa shape index (κ1) is 8.44. The van der Waals surface area contributed by atoms with Crippen molar-refractivity contribution < 1.29 is 0 Å². The van der Waals surface area contributed by atoms with Gasteiger partial charge in [-0.3, -0.25) is 0 Å². The van der Waals surface area contributed by atoms with Gasteiger partial charge in [-0.05, 0) is 12.7 Å². The maximum absolute atomic E-state index is 3.72. The Hall–Kier alpha value is 0.440. The molecule has 0 radical (unpaired) electrons. The van der Waals surface area contributed by atoms with Gasteiger partial charge in [0.2, 0.25) is 0 Å². The smallest absolute Gasteiger partial charge is 0.0325 e. The molecule has 0 rings (SSSR count). The predicted molar refractivity (Wildman–Crippen MR) is 45.4 cm³/mol. The van der Waals surface area contributed by atoms with Gasteiger partial charge in [0, 0.05) is 5.25 Å². The van der Waals surface area contributed by atoms with Gasteiger partial charge in [0.15, 0.2) is 0 Å². The largest absolute Gasteiger partial charge is 0.102 e. The van der Waals surface area contributed by atoms with E-state index in [4.69, 9.17) is 0 Å². The molecule has 0 aromatic carbocycles. The summed E-state index contributed by atoms with van der Waals surface area (Å²) in [6.45, 7) is 5.89. The molecular weight excluding hydrogens is 136 g/mol. The Bertz CT molecular complexity index is 61.5. The fraction of sp³-hybridized carbons (Fsp3) is 0.667. The average molecular weight is 148 g/mol. The SMILES string of the molecule is C=CC(CC)SSC. The second-order valence-corrected chi connectivity index (χ2v) is 4.15. The summed E-state index contributed by atoms with van der Waals surface area (Å²) in [7, 11) is 3.68. The van der Waals surface area contributed by atoms with Gasteiger partial charge in [-0.15, -0.1) is 6.58 Å². The van der Waals surface area contributed by atoms with Crippen LogP contribution in [0.5, 0.6) is 0 Å². The molecule has 0 bridgehead atoms. The van der Waals surface area contributed by atoms with Gasteiger partial charge >= 0.3 is 0 Å². The molecule has 0 aromatic heterocycles. The lowest BCUT2D eigenvalue weighted by Gasteiger charge is -2.03. The maximum atomic E-state index is 3.72. The minimum absolute atomic E-state index is 0.644.